The second-order valence-corrected chi connectivity index (χ2v) is 10.7. The molecule has 2 bridgehead atoms. The zero-order valence-corrected chi connectivity index (χ0v) is 19.5. The van der Waals surface area contributed by atoms with E-state index >= 15 is 4.39 Å². The molecule has 7 rings (SSSR count). The summed E-state index contributed by atoms with van der Waals surface area (Å²) in [7, 11) is 4.24. The van der Waals surface area contributed by atoms with E-state index in [0.717, 1.165) is 32.2 Å². The molecule has 0 amide bonds. The van der Waals surface area contributed by atoms with Crippen molar-refractivity contribution in [3.63, 3.8) is 0 Å². The molecule has 33 heavy (non-hydrogen) atoms. The molecule has 1 aliphatic heterocycles. The van der Waals surface area contributed by atoms with E-state index in [1.165, 1.54) is 12.3 Å². The first-order chi connectivity index (χ1) is 15.7. The minimum atomic E-state index is -1.31. The maximum Gasteiger partial charge on any atom is 0.341 e. The number of benzene rings is 1. The van der Waals surface area contributed by atoms with Crippen LogP contribution in [0.25, 0.3) is 10.9 Å². The lowest BCUT2D eigenvalue weighted by Crippen LogP contribution is -2.57. The number of aromatic carboxylic acids is 1. The second-order valence-electron chi connectivity index (χ2n) is 10.4. The molecule has 2 saturated carbocycles. The van der Waals surface area contributed by atoms with Crippen molar-refractivity contribution >= 4 is 34.2 Å². The average Bonchev–Trinajstić information content (AvgIpc) is 3.52. The van der Waals surface area contributed by atoms with Crippen LogP contribution in [0.3, 0.4) is 0 Å². The van der Waals surface area contributed by atoms with Gasteiger partial charge in [-0.05, 0) is 57.7 Å². The Labute approximate surface area is 196 Å². The van der Waals surface area contributed by atoms with Crippen LogP contribution in [0.4, 0.5) is 10.1 Å². The number of fused-ring (bicyclic) bond motifs is 2. The predicted molar refractivity (Wildman–Crippen MR) is 126 cm³/mol. The molecule has 3 fully saturated rings. The van der Waals surface area contributed by atoms with E-state index in [9.17, 15) is 14.7 Å². The van der Waals surface area contributed by atoms with Gasteiger partial charge in [0.1, 0.15) is 11.4 Å². The summed E-state index contributed by atoms with van der Waals surface area (Å²) in [6.45, 7) is 1.42. The fourth-order valence-electron chi connectivity index (χ4n) is 6.73. The summed E-state index contributed by atoms with van der Waals surface area (Å²) >= 11 is 6.88. The van der Waals surface area contributed by atoms with Gasteiger partial charge in [0.05, 0.1) is 21.6 Å². The largest absolute Gasteiger partial charge is 0.477 e. The van der Waals surface area contributed by atoms with E-state index in [1.54, 1.807) is 4.57 Å². The van der Waals surface area contributed by atoms with Crippen LogP contribution in [-0.4, -0.2) is 53.3 Å². The zero-order chi connectivity index (χ0) is 23.2. The van der Waals surface area contributed by atoms with Crippen LogP contribution in [0, 0.1) is 23.6 Å². The van der Waals surface area contributed by atoms with Crippen molar-refractivity contribution in [3.8, 4) is 0 Å². The van der Waals surface area contributed by atoms with E-state index in [2.05, 4.69) is 36.0 Å². The number of allylic oxidation sites excluding steroid dienone is 1. The van der Waals surface area contributed by atoms with E-state index in [1.807, 2.05) is 0 Å². The van der Waals surface area contributed by atoms with Crippen LogP contribution in [0.2, 0.25) is 5.02 Å². The number of pyridine rings is 1. The summed E-state index contributed by atoms with van der Waals surface area (Å²) in [4.78, 5) is 28.9. The van der Waals surface area contributed by atoms with Gasteiger partial charge in [-0.3, -0.25) is 9.69 Å². The molecule has 1 aromatic carbocycles. The van der Waals surface area contributed by atoms with Crippen molar-refractivity contribution in [2.24, 2.45) is 17.8 Å². The molecule has 6 nitrogen and oxygen atoms in total. The summed E-state index contributed by atoms with van der Waals surface area (Å²) in [6, 6.07) is 1.28. The molecule has 8 heteroatoms. The number of nitrogens with zero attached hydrogens (tertiary/aromatic N) is 3. The Balaban J connectivity index is 1.50. The first-order valence-corrected chi connectivity index (χ1v) is 12.0. The molecule has 174 valence electrons. The normalized spacial score (nSPS) is 30.5. The molecule has 4 atom stereocenters. The van der Waals surface area contributed by atoms with Gasteiger partial charge in [0.15, 0.2) is 0 Å². The molecular weight excluding hydrogens is 445 g/mol. The topological polar surface area (TPSA) is 65.8 Å². The van der Waals surface area contributed by atoms with Crippen LogP contribution < -0.4 is 10.3 Å². The van der Waals surface area contributed by atoms with Gasteiger partial charge < -0.3 is 14.6 Å². The zero-order valence-electron chi connectivity index (χ0n) is 18.7. The van der Waals surface area contributed by atoms with Gasteiger partial charge in [-0.15, -0.1) is 0 Å². The van der Waals surface area contributed by atoms with Gasteiger partial charge in [0.2, 0.25) is 5.43 Å². The number of likely N-dealkylation sites (N-methyl/N-ethyl adjacent to an activating group) is 1. The highest BCUT2D eigenvalue weighted by atomic mass is 35.5. The summed E-state index contributed by atoms with van der Waals surface area (Å²) in [6.07, 6.45) is 10.1. The van der Waals surface area contributed by atoms with Gasteiger partial charge in [0.25, 0.3) is 0 Å². The number of carboxylic acids is 1. The van der Waals surface area contributed by atoms with Gasteiger partial charge in [-0.1, -0.05) is 23.8 Å². The maximum atomic E-state index is 15.6. The van der Waals surface area contributed by atoms with Crippen molar-refractivity contribution in [1.82, 2.24) is 9.47 Å². The Kier molecular flexibility index (Phi) is 4.53. The molecule has 0 radical (unpaired) electrons. The van der Waals surface area contributed by atoms with Crippen molar-refractivity contribution in [2.45, 2.75) is 37.3 Å². The third kappa shape index (κ3) is 2.88. The molecule has 5 aliphatic rings. The molecule has 1 N–H and O–H groups in total. The second kappa shape index (κ2) is 7.06. The number of rotatable bonds is 4. The lowest BCUT2D eigenvalue weighted by atomic mass is 9.59. The lowest BCUT2D eigenvalue weighted by molar-refractivity contribution is 0.0313. The molecular formula is C25H27ClFN3O3. The third-order valence-corrected chi connectivity index (χ3v) is 8.93. The number of hydrogen-bond acceptors (Lipinski definition) is 4. The quantitative estimate of drug-likeness (QED) is 0.678. The Hall–Kier alpha value is -2.38. The van der Waals surface area contributed by atoms with Crippen molar-refractivity contribution in [3.05, 3.63) is 51.0 Å². The highest BCUT2D eigenvalue weighted by Crippen LogP contribution is 2.54. The van der Waals surface area contributed by atoms with Crippen LogP contribution in [0.1, 0.15) is 42.1 Å². The van der Waals surface area contributed by atoms with Gasteiger partial charge in [-0.2, -0.15) is 0 Å². The third-order valence-electron chi connectivity index (χ3n) is 8.57. The smallest absolute Gasteiger partial charge is 0.341 e. The molecule has 2 heterocycles. The minimum Gasteiger partial charge on any atom is -0.477 e. The van der Waals surface area contributed by atoms with Crippen molar-refractivity contribution in [1.29, 1.82) is 0 Å². The monoisotopic (exact) mass is 471 g/mol. The standard InChI is InChI=1S/C25H27ClFN3O3/c1-28(2)25-7-5-13(6-8-25)16-10-29(12-18(16)25)22-19(27)9-15-21(20(22)26)30(14-3-4-14)11-17(23(15)31)24(32)33/h5,7,9,11,13-14,16,18H,3-4,6,8,10,12H2,1-2H3,(H,32,33). The van der Waals surface area contributed by atoms with E-state index in [4.69, 9.17) is 11.6 Å². The van der Waals surface area contributed by atoms with E-state index < -0.39 is 17.2 Å². The van der Waals surface area contributed by atoms with E-state index in [-0.39, 0.29) is 27.6 Å². The average molecular weight is 472 g/mol. The van der Waals surface area contributed by atoms with Gasteiger partial charge in [0, 0.05) is 36.8 Å². The van der Waals surface area contributed by atoms with E-state index in [0.29, 0.717) is 35.5 Å². The highest BCUT2D eigenvalue weighted by Gasteiger charge is 2.55. The number of hydrogen-bond donors (Lipinski definition) is 1. The van der Waals surface area contributed by atoms with Crippen molar-refractivity contribution < 1.29 is 14.3 Å². The molecule has 0 spiro atoms. The van der Waals surface area contributed by atoms with Crippen LogP contribution in [0.15, 0.2) is 29.2 Å². The summed E-state index contributed by atoms with van der Waals surface area (Å²) in [5.74, 6) is -0.573. The molecule has 4 aliphatic carbocycles. The van der Waals surface area contributed by atoms with Gasteiger partial charge >= 0.3 is 5.97 Å². The first kappa shape index (κ1) is 21.2. The molecule has 4 unspecified atom stereocenters. The number of carboxylic acid groups (broad SMARTS) is 1. The number of carbonyl (C=O) groups is 1. The van der Waals surface area contributed by atoms with Gasteiger partial charge in [-0.25, -0.2) is 9.18 Å². The minimum absolute atomic E-state index is 0.0273. The molecule has 1 saturated heterocycles. The lowest BCUT2D eigenvalue weighted by Gasteiger charge is -2.53. The van der Waals surface area contributed by atoms with Crippen LogP contribution >= 0.6 is 11.6 Å². The number of anilines is 1. The fourth-order valence-corrected chi connectivity index (χ4v) is 7.14. The van der Waals surface area contributed by atoms with Crippen LogP contribution in [0.5, 0.6) is 0 Å². The molecule has 1 aromatic heterocycles. The number of halogens is 2. The van der Waals surface area contributed by atoms with Crippen molar-refractivity contribution in [2.75, 3.05) is 32.1 Å². The SMILES string of the molecule is CN(C)C12C=CC(CC1)C1CN(c3c(F)cc4c(=O)c(C(=O)O)cn(C5CC5)c4c3Cl)CC12. The fraction of sp³-hybridized carbons (Fsp3) is 0.520. The number of aromatic nitrogens is 1. The van der Waals surface area contributed by atoms with Crippen LogP contribution in [-0.2, 0) is 0 Å². The highest BCUT2D eigenvalue weighted by molar-refractivity contribution is 6.38. The Morgan fingerprint density at radius 3 is 2.64 bits per heavy atom. The Morgan fingerprint density at radius 2 is 2.03 bits per heavy atom. The molecule has 2 aromatic rings. The first-order valence-electron chi connectivity index (χ1n) is 11.6. The maximum absolute atomic E-state index is 15.6. The Morgan fingerprint density at radius 1 is 1.27 bits per heavy atom. The summed E-state index contributed by atoms with van der Waals surface area (Å²) < 4.78 is 17.4. The summed E-state index contributed by atoms with van der Waals surface area (Å²) in [5.41, 5.74) is -0.279. The predicted octanol–water partition coefficient (Wildman–Crippen LogP) is 4.16. The summed E-state index contributed by atoms with van der Waals surface area (Å²) in [5, 5.41) is 9.75. The Bertz CT molecular complexity index is 1280.